The highest BCUT2D eigenvalue weighted by molar-refractivity contribution is 6.04. The molecule has 0 spiro atoms. The summed E-state index contributed by atoms with van der Waals surface area (Å²) in [4.78, 5) is 12.0. The largest absolute Gasteiger partial charge is 0.490 e. The second kappa shape index (κ2) is 7.16. The second-order valence-corrected chi connectivity index (χ2v) is 7.32. The van der Waals surface area contributed by atoms with Gasteiger partial charge in [0.15, 0.2) is 0 Å². The third-order valence-electron chi connectivity index (χ3n) is 5.07. The zero-order valence-electron chi connectivity index (χ0n) is 15.8. The SMILES string of the molecule is CC(CCO)n1nc(-c2ccc3cc(OC4CC4)ccc3c2)c(C(N)=O)c1N. The Morgan fingerprint density at radius 2 is 2.00 bits per heavy atom. The van der Waals surface area contributed by atoms with Gasteiger partial charge in [-0.25, -0.2) is 4.68 Å². The van der Waals surface area contributed by atoms with Crippen LogP contribution in [0.2, 0.25) is 0 Å². The molecule has 3 aromatic rings. The maximum absolute atomic E-state index is 12.0. The number of ether oxygens (including phenoxy) is 1. The molecule has 5 N–H and O–H groups in total. The van der Waals surface area contributed by atoms with Crippen molar-refractivity contribution in [2.45, 2.75) is 38.3 Å². The van der Waals surface area contributed by atoms with Gasteiger partial charge in [0.2, 0.25) is 0 Å². The predicted molar refractivity (Wildman–Crippen MR) is 108 cm³/mol. The molecule has 7 heteroatoms. The Labute approximate surface area is 162 Å². The third kappa shape index (κ3) is 3.41. The minimum Gasteiger partial charge on any atom is -0.490 e. The van der Waals surface area contributed by atoms with Gasteiger partial charge in [-0.1, -0.05) is 18.2 Å². The summed E-state index contributed by atoms with van der Waals surface area (Å²) in [6.07, 6.45) is 3.06. The van der Waals surface area contributed by atoms with Crippen LogP contribution in [-0.2, 0) is 0 Å². The molecule has 1 saturated carbocycles. The number of amides is 1. The van der Waals surface area contributed by atoms with Crippen LogP contribution in [0.3, 0.4) is 0 Å². The highest BCUT2D eigenvalue weighted by Crippen LogP contribution is 2.33. The number of aromatic nitrogens is 2. The molecular formula is C21H24N4O3. The Bertz CT molecular complexity index is 1040. The van der Waals surface area contributed by atoms with E-state index in [-0.39, 0.29) is 24.0 Å². The minimum atomic E-state index is -0.622. The predicted octanol–water partition coefficient (Wildman–Crippen LogP) is 2.87. The summed E-state index contributed by atoms with van der Waals surface area (Å²) in [6.45, 7) is 1.89. The molecular weight excluding hydrogens is 356 g/mol. The van der Waals surface area contributed by atoms with Crippen LogP contribution in [0.4, 0.5) is 5.82 Å². The number of rotatable bonds is 7. The first-order chi connectivity index (χ1) is 13.5. The number of hydrogen-bond donors (Lipinski definition) is 3. The van der Waals surface area contributed by atoms with Gasteiger partial charge in [-0.15, -0.1) is 0 Å². The van der Waals surface area contributed by atoms with Crippen LogP contribution in [0, 0.1) is 0 Å². The lowest BCUT2D eigenvalue weighted by molar-refractivity contribution is 0.100. The zero-order chi connectivity index (χ0) is 19.8. The first-order valence-electron chi connectivity index (χ1n) is 9.47. The number of carbonyl (C=O) groups excluding carboxylic acids is 1. The quantitative estimate of drug-likeness (QED) is 0.583. The van der Waals surface area contributed by atoms with Crippen LogP contribution in [0.5, 0.6) is 5.75 Å². The fraction of sp³-hybridized carbons (Fsp3) is 0.333. The van der Waals surface area contributed by atoms with Gasteiger partial charge in [0.05, 0.1) is 12.1 Å². The monoisotopic (exact) mass is 380 g/mol. The first-order valence-corrected chi connectivity index (χ1v) is 9.47. The fourth-order valence-electron chi connectivity index (χ4n) is 3.36. The van der Waals surface area contributed by atoms with E-state index in [9.17, 15) is 9.90 Å². The van der Waals surface area contributed by atoms with Crippen LogP contribution in [-0.4, -0.2) is 33.5 Å². The lowest BCUT2D eigenvalue weighted by atomic mass is 10.0. The van der Waals surface area contributed by atoms with E-state index in [1.807, 2.05) is 43.3 Å². The Kier molecular flexibility index (Phi) is 4.68. The summed E-state index contributed by atoms with van der Waals surface area (Å²) in [5.74, 6) is 0.465. The van der Waals surface area contributed by atoms with Crippen LogP contribution in [0.15, 0.2) is 36.4 Å². The number of fused-ring (bicyclic) bond motifs is 1. The summed E-state index contributed by atoms with van der Waals surface area (Å²) < 4.78 is 7.41. The molecule has 2 aromatic carbocycles. The van der Waals surface area contributed by atoms with Crippen molar-refractivity contribution in [3.8, 4) is 17.0 Å². The molecule has 0 radical (unpaired) electrons. The molecule has 1 atom stereocenters. The molecule has 146 valence electrons. The highest BCUT2D eigenvalue weighted by atomic mass is 16.5. The number of hydrogen-bond acceptors (Lipinski definition) is 5. The first kappa shape index (κ1) is 18.3. The van der Waals surface area contributed by atoms with E-state index in [1.165, 1.54) is 0 Å². The van der Waals surface area contributed by atoms with Gasteiger partial charge >= 0.3 is 0 Å². The van der Waals surface area contributed by atoms with E-state index in [0.717, 1.165) is 34.9 Å². The summed E-state index contributed by atoms with van der Waals surface area (Å²) in [7, 11) is 0. The average Bonchev–Trinajstić information content (AvgIpc) is 3.41. The van der Waals surface area contributed by atoms with Gasteiger partial charge in [-0.2, -0.15) is 5.10 Å². The van der Waals surface area contributed by atoms with Gasteiger partial charge in [0.25, 0.3) is 5.91 Å². The van der Waals surface area contributed by atoms with Crippen molar-refractivity contribution in [3.05, 3.63) is 42.0 Å². The van der Waals surface area contributed by atoms with Crippen molar-refractivity contribution >= 4 is 22.5 Å². The van der Waals surface area contributed by atoms with E-state index in [2.05, 4.69) is 5.10 Å². The van der Waals surface area contributed by atoms with Gasteiger partial charge in [-0.05, 0) is 55.2 Å². The van der Waals surface area contributed by atoms with E-state index in [1.54, 1.807) is 4.68 Å². The van der Waals surface area contributed by atoms with Gasteiger partial charge in [0, 0.05) is 12.2 Å². The molecule has 7 nitrogen and oxygen atoms in total. The lowest BCUT2D eigenvalue weighted by Crippen LogP contribution is -2.16. The van der Waals surface area contributed by atoms with E-state index in [4.69, 9.17) is 16.2 Å². The molecule has 1 fully saturated rings. The number of primary amides is 1. The number of anilines is 1. The number of nitrogens with zero attached hydrogens (tertiary/aromatic N) is 2. The number of aliphatic hydroxyl groups is 1. The summed E-state index contributed by atoms with van der Waals surface area (Å²) in [5, 5.41) is 15.8. The van der Waals surface area contributed by atoms with Gasteiger partial charge in [0.1, 0.15) is 22.8 Å². The smallest absolute Gasteiger partial charge is 0.254 e. The van der Waals surface area contributed by atoms with Crippen molar-refractivity contribution in [2.75, 3.05) is 12.3 Å². The molecule has 0 bridgehead atoms. The number of nitrogen functional groups attached to an aromatic ring is 1. The maximum atomic E-state index is 12.0. The standard InChI is InChI=1S/C21H24N4O3/c1-12(8-9-26)25-20(22)18(21(23)27)19(24-25)15-3-2-14-11-17(28-16-6-7-16)5-4-13(14)10-15/h2-5,10-12,16,26H,6-9,22H2,1H3,(H2,23,27). The highest BCUT2D eigenvalue weighted by Gasteiger charge is 2.25. The summed E-state index contributed by atoms with van der Waals surface area (Å²) in [5.41, 5.74) is 13.2. The number of nitrogens with two attached hydrogens (primary N) is 2. The van der Waals surface area contributed by atoms with Gasteiger partial charge in [-0.3, -0.25) is 4.79 Å². The normalized spacial score (nSPS) is 14.9. The molecule has 1 heterocycles. The fourth-order valence-corrected chi connectivity index (χ4v) is 3.36. The number of benzene rings is 2. The van der Waals surface area contributed by atoms with Crippen LogP contribution >= 0.6 is 0 Å². The van der Waals surface area contributed by atoms with Crippen molar-refractivity contribution in [2.24, 2.45) is 5.73 Å². The minimum absolute atomic E-state index is 0.00292. The molecule has 28 heavy (non-hydrogen) atoms. The Morgan fingerprint density at radius 3 is 2.68 bits per heavy atom. The Balaban J connectivity index is 1.75. The topological polar surface area (TPSA) is 116 Å². The summed E-state index contributed by atoms with van der Waals surface area (Å²) in [6, 6.07) is 11.7. The Hall–Kier alpha value is -3.06. The maximum Gasteiger partial charge on any atom is 0.254 e. The second-order valence-electron chi connectivity index (χ2n) is 7.32. The summed E-state index contributed by atoms with van der Waals surface area (Å²) >= 11 is 0. The van der Waals surface area contributed by atoms with Crippen molar-refractivity contribution in [3.63, 3.8) is 0 Å². The van der Waals surface area contributed by atoms with E-state index in [0.29, 0.717) is 18.2 Å². The van der Waals surface area contributed by atoms with Crippen molar-refractivity contribution in [1.29, 1.82) is 0 Å². The zero-order valence-corrected chi connectivity index (χ0v) is 15.8. The van der Waals surface area contributed by atoms with Crippen molar-refractivity contribution < 1.29 is 14.6 Å². The molecule has 1 unspecified atom stereocenters. The average molecular weight is 380 g/mol. The molecule has 4 rings (SSSR count). The Morgan fingerprint density at radius 1 is 1.29 bits per heavy atom. The third-order valence-corrected chi connectivity index (χ3v) is 5.07. The van der Waals surface area contributed by atoms with Gasteiger partial charge < -0.3 is 21.3 Å². The number of carbonyl (C=O) groups is 1. The van der Waals surface area contributed by atoms with Crippen LogP contribution < -0.4 is 16.2 Å². The molecule has 1 aromatic heterocycles. The molecule has 1 amide bonds. The van der Waals surface area contributed by atoms with Crippen LogP contribution in [0.1, 0.15) is 42.6 Å². The van der Waals surface area contributed by atoms with Crippen LogP contribution in [0.25, 0.3) is 22.0 Å². The molecule has 0 saturated heterocycles. The number of aliphatic hydroxyl groups excluding tert-OH is 1. The molecule has 1 aliphatic rings. The molecule has 1 aliphatic carbocycles. The van der Waals surface area contributed by atoms with E-state index < -0.39 is 5.91 Å². The van der Waals surface area contributed by atoms with E-state index >= 15 is 0 Å². The lowest BCUT2D eigenvalue weighted by Gasteiger charge is -2.12. The molecule has 0 aliphatic heterocycles. The van der Waals surface area contributed by atoms with Crippen molar-refractivity contribution in [1.82, 2.24) is 9.78 Å².